The molecule has 18 heavy (non-hydrogen) atoms. The molecule has 2 N–H and O–H groups in total. The van der Waals surface area contributed by atoms with E-state index in [4.69, 9.17) is 0 Å². The van der Waals surface area contributed by atoms with Crippen LogP contribution in [0.15, 0.2) is 12.1 Å². The zero-order valence-corrected chi connectivity index (χ0v) is 12.1. The van der Waals surface area contributed by atoms with Crippen LogP contribution in [0, 0.1) is 26.7 Å². The molecule has 3 heteroatoms. The van der Waals surface area contributed by atoms with Crippen LogP contribution < -0.4 is 10.6 Å². The fourth-order valence-corrected chi connectivity index (χ4v) is 2.00. The molecule has 0 fully saturated rings. The molecule has 0 radical (unpaired) electrons. The van der Waals surface area contributed by atoms with Crippen molar-refractivity contribution in [1.82, 2.24) is 5.32 Å². The first-order valence-corrected chi connectivity index (χ1v) is 6.52. The fourth-order valence-electron chi connectivity index (χ4n) is 2.00. The van der Waals surface area contributed by atoms with Crippen molar-refractivity contribution in [3.05, 3.63) is 28.8 Å². The van der Waals surface area contributed by atoms with Crippen molar-refractivity contribution in [1.29, 1.82) is 0 Å². The summed E-state index contributed by atoms with van der Waals surface area (Å²) in [5.41, 5.74) is 4.51. The van der Waals surface area contributed by atoms with Gasteiger partial charge in [-0.3, -0.25) is 4.79 Å². The lowest BCUT2D eigenvalue weighted by molar-refractivity contribution is -0.119. The van der Waals surface area contributed by atoms with E-state index in [1.807, 2.05) is 20.9 Å². The van der Waals surface area contributed by atoms with Crippen molar-refractivity contribution in [2.24, 2.45) is 5.92 Å². The molecular weight excluding hydrogens is 224 g/mol. The molecule has 3 nitrogen and oxygen atoms in total. The summed E-state index contributed by atoms with van der Waals surface area (Å²) in [5.74, 6) is 0.120. The van der Waals surface area contributed by atoms with Crippen molar-refractivity contribution in [2.45, 2.75) is 34.1 Å². The molecule has 0 bridgehead atoms. The summed E-state index contributed by atoms with van der Waals surface area (Å²) < 4.78 is 0. The van der Waals surface area contributed by atoms with Crippen molar-refractivity contribution < 1.29 is 4.79 Å². The number of nitrogens with one attached hydrogen (secondary N) is 2. The lowest BCUT2D eigenvalue weighted by Gasteiger charge is -2.16. The summed E-state index contributed by atoms with van der Waals surface area (Å²) >= 11 is 0. The second kappa shape index (κ2) is 6.55. The molecule has 0 aliphatic rings. The Morgan fingerprint density at radius 2 is 1.78 bits per heavy atom. The van der Waals surface area contributed by atoms with Crippen LogP contribution in [0.1, 0.15) is 30.0 Å². The van der Waals surface area contributed by atoms with E-state index in [9.17, 15) is 4.79 Å². The van der Waals surface area contributed by atoms with E-state index in [1.54, 1.807) is 0 Å². The predicted octanol–water partition coefficient (Wildman–Crippen LogP) is 2.80. The first kappa shape index (κ1) is 14.7. The van der Waals surface area contributed by atoms with Crippen LogP contribution in [0.5, 0.6) is 0 Å². The molecule has 1 amide bonds. The standard InChI is InChI=1S/C15H24N2O/c1-6-13(9-16-5)15(18)17-14-8-11(3)10(2)7-12(14)4/h7-8,13,16H,6,9H2,1-5H3,(H,17,18). The maximum absolute atomic E-state index is 12.1. The predicted molar refractivity (Wildman–Crippen MR) is 77.0 cm³/mol. The molecule has 1 aromatic carbocycles. The third kappa shape index (κ3) is 3.57. The maximum atomic E-state index is 12.1. The highest BCUT2D eigenvalue weighted by Crippen LogP contribution is 2.21. The molecular formula is C15H24N2O. The lowest BCUT2D eigenvalue weighted by atomic mass is 10.0. The van der Waals surface area contributed by atoms with E-state index >= 15 is 0 Å². The molecule has 0 heterocycles. The fraction of sp³-hybridized carbons (Fsp3) is 0.533. The number of hydrogen-bond donors (Lipinski definition) is 2. The van der Waals surface area contributed by atoms with E-state index in [-0.39, 0.29) is 11.8 Å². The van der Waals surface area contributed by atoms with Gasteiger partial charge in [-0.2, -0.15) is 0 Å². The van der Waals surface area contributed by atoms with E-state index in [2.05, 4.69) is 36.6 Å². The van der Waals surface area contributed by atoms with E-state index in [0.717, 1.165) is 17.7 Å². The van der Waals surface area contributed by atoms with Crippen LogP contribution in [0.3, 0.4) is 0 Å². The minimum Gasteiger partial charge on any atom is -0.326 e. The number of carbonyl (C=O) groups excluding carboxylic acids is 1. The molecule has 1 atom stereocenters. The Morgan fingerprint density at radius 1 is 1.17 bits per heavy atom. The second-order valence-corrected chi connectivity index (χ2v) is 4.90. The Bertz CT molecular complexity index is 427. The number of benzene rings is 1. The quantitative estimate of drug-likeness (QED) is 0.841. The monoisotopic (exact) mass is 248 g/mol. The largest absolute Gasteiger partial charge is 0.326 e. The smallest absolute Gasteiger partial charge is 0.228 e. The molecule has 0 aliphatic carbocycles. The summed E-state index contributed by atoms with van der Waals surface area (Å²) in [6.07, 6.45) is 0.844. The minimum absolute atomic E-state index is 0.0241. The van der Waals surface area contributed by atoms with Crippen LogP contribution >= 0.6 is 0 Å². The van der Waals surface area contributed by atoms with Crippen LogP contribution in [-0.2, 0) is 4.79 Å². The average Bonchev–Trinajstić information content (AvgIpc) is 2.32. The summed E-state index contributed by atoms with van der Waals surface area (Å²) in [4.78, 5) is 12.1. The summed E-state index contributed by atoms with van der Waals surface area (Å²) in [6.45, 7) is 8.93. The SMILES string of the molecule is CCC(CNC)C(=O)Nc1cc(C)c(C)cc1C. The molecule has 1 aromatic rings. The van der Waals surface area contributed by atoms with E-state index in [0.29, 0.717) is 6.54 Å². The van der Waals surface area contributed by atoms with Crippen LogP contribution in [-0.4, -0.2) is 19.5 Å². The second-order valence-electron chi connectivity index (χ2n) is 4.90. The topological polar surface area (TPSA) is 41.1 Å². The number of anilines is 1. The average molecular weight is 248 g/mol. The first-order valence-electron chi connectivity index (χ1n) is 6.52. The Labute approximate surface area is 110 Å². The van der Waals surface area contributed by atoms with Gasteiger partial charge in [0.1, 0.15) is 0 Å². The molecule has 0 saturated carbocycles. The van der Waals surface area contributed by atoms with Gasteiger partial charge in [-0.05, 0) is 57.0 Å². The van der Waals surface area contributed by atoms with Crippen LogP contribution in [0.25, 0.3) is 0 Å². The highest BCUT2D eigenvalue weighted by atomic mass is 16.1. The van der Waals surface area contributed by atoms with Gasteiger partial charge in [-0.15, -0.1) is 0 Å². The number of carbonyl (C=O) groups is 1. The molecule has 1 rings (SSSR count). The minimum atomic E-state index is 0.0241. The zero-order chi connectivity index (χ0) is 13.7. The molecule has 0 aromatic heterocycles. The van der Waals surface area contributed by atoms with Gasteiger partial charge in [0.25, 0.3) is 0 Å². The van der Waals surface area contributed by atoms with Gasteiger partial charge in [0.2, 0.25) is 5.91 Å². The third-order valence-corrected chi connectivity index (χ3v) is 3.41. The van der Waals surface area contributed by atoms with Gasteiger partial charge >= 0.3 is 0 Å². The van der Waals surface area contributed by atoms with Crippen LogP contribution in [0.4, 0.5) is 5.69 Å². The summed E-state index contributed by atoms with van der Waals surface area (Å²) in [7, 11) is 1.87. The van der Waals surface area contributed by atoms with Gasteiger partial charge < -0.3 is 10.6 Å². The van der Waals surface area contributed by atoms with Gasteiger partial charge in [-0.1, -0.05) is 13.0 Å². The number of aryl methyl sites for hydroxylation is 3. The Balaban J connectivity index is 2.84. The van der Waals surface area contributed by atoms with Gasteiger partial charge in [0, 0.05) is 12.2 Å². The Kier molecular flexibility index (Phi) is 5.35. The zero-order valence-electron chi connectivity index (χ0n) is 12.1. The van der Waals surface area contributed by atoms with Gasteiger partial charge in [-0.25, -0.2) is 0 Å². The van der Waals surface area contributed by atoms with Gasteiger partial charge in [0.15, 0.2) is 0 Å². The maximum Gasteiger partial charge on any atom is 0.228 e. The molecule has 1 unspecified atom stereocenters. The first-order chi connectivity index (χ1) is 8.49. The highest BCUT2D eigenvalue weighted by Gasteiger charge is 2.16. The lowest BCUT2D eigenvalue weighted by Crippen LogP contribution is -2.30. The number of hydrogen-bond acceptors (Lipinski definition) is 2. The number of amides is 1. The Hall–Kier alpha value is -1.35. The molecule has 0 spiro atoms. The molecule has 0 aliphatic heterocycles. The summed E-state index contributed by atoms with van der Waals surface area (Å²) in [6, 6.07) is 4.17. The van der Waals surface area contributed by atoms with Crippen molar-refractivity contribution in [2.75, 3.05) is 18.9 Å². The van der Waals surface area contributed by atoms with E-state index in [1.165, 1.54) is 11.1 Å². The number of rotatable bonds is 5. The van der Waals surface area contributed by atoms with Gasteiger partial charge in [0.05, 0.1) is 5.92 Å². The highest BCUT2D eigenvalue weighted by molar-refractivity contribution is 5.93. The molecule has 100 valence electrons. The molecule has 0 saturated heterocycles. The van der Waals surface area contributed by atoms with Crippen molar-refractivity contribution in [3.8, 4) is 0 Å². The van der Waals surface area contributed by atoms with E-state index < -0.39 is 0 Å². The summed E-state index contributed by atoms with van der Waals surface area (Å²) in [5, 5.41) is 6.09. The van der Waals surface area contributed by atoms with Crippen molar-refractivity contribution in [3.63, 3.8) is 0 Å². The van der Waals surface area contributed by atoms with Crippen LogP contribution in [0.2, 0.25) is 0 Å². The van der Waals surface area contributed by atoms with Crippen molar-refractivity contribution >= 4 is 11.6 Å². The Morgan fingerprint density at radius 3 is 2.33 bits per heavy atom. The third-order valence-electron chi connectivity index (χ3n) is 3.41. The normalized spacial score (nSPS) is 12.3.